The molecule has 0 fully saturated rings. The molecule has 3 aromatic carbocycles. The monoisotopic (exact) mass is 631 g/mol. The Hall–Kier alpha value is -3.07. The summed E-state index contributed by atoms with van der Waals surface area (Å²) in [7, 11) is -3.65. The lowest BCUT2D eigenvalue weighted by Crippen LogP contribution is -2.54. The maximum atomic E-state index is 13.9. The van der Waals surface area contributed by atoms with Gasteiger partial charge in [0.25, 0.3) is 0 Å². The Labute approximate surface area is 259 Å². The van der Waals surface area contributed by atoms with Crippen LogP contribution in [0.4, 0.5) is 5.69 Å². The molecule has 226 valence electrons. The summed E-state index contributed by atoms with van der Waals surface area (Å²) in [5.41, 5.74) is 2.46. The van der Waals surface area contributed by atoms with E-state index >= 15 is 0 Å². The summed E-state index contributed by atoms with van der Waals surface area (Å²) in [5.74, 6) is -0.521. The molecule has 0 aromatic heterocycles. The van der Waals surface area contributed by atoms with E-state index in [-0.39, 0.29) is 37.7 Å². The number of hydrogen-bond acceptors (Lipinski definition) is 4. The van der Waals surface area contributed by atoms with E-state index in [2.05, 4.69) is 5.32 Å². The number of halogens is 2. The fourth-order valence-electron chi connectivity index (χ4n) is 4.63. The van der Waals surface area contributed by atoms with Crippen LogP contribution in [0.25, 0.3) is 0 Å². The molecule has 10 heteroatoms. The van der Waals surface area contributed by atoms with Gasteiger partial charge in [0.15, 0.2) is 0 Å². The normalized spacial score (nSPS) is 12.5. The summed E-state index contributed by atoms with van der Waals surface area (Å²) in [6.07, 6.45) is 1.73. The van der Waals surface area contributed by atoms with Crippen molar-refractivity contribution in [3.05, 3.63) is 99.5 Å². The minimum Gasteiger partial charge on any atom is -0.350 e. The second kappa shape index (κ2) is 14.4. The standard InChI is InChI=1S/C32H39Cl2N3O4S/c1-23-13-16-27(34)21-28(23)37(42(5,40)41)19-9-12-30(38)36(22-25-14-17-26(33)18-15-25)29(31(39)35-32(2,3)4)20-24-10-7-6-8-11-24/h6-8,10-11,13-18,21,29H,9,12,19-20,22H2,1-5H3,(H,35,39)/t29-/m1/s1. The molecule has 0 spiro atoms. The van der Waals surface area contributed by atoms with E-state index in [4.69, 9.17) is 23.2 Å². The van der Waals surface area contributed by atoms with Crippen molar-refractivity contribution in [1.29, 1.82) is 0 Å². The van der Waals surface area contributed by atoms with Crippen LogP contribution in [0, 0.1) is 6.92 Å². The highest BCUT2D eigenvalue weighted by atomic mass is 35.5. The predicted molar refractivity (Wildman–Crippen MR) is 171 cm³/mol. The summed E-state index contributed by atoms with van der Waals surface area (Å²) in [5, 5.41) is 4.03. The topological polar surface area (TPSA) is 86.8 Å². The highest BCUT2D eigenvalue weighted by molar-refractivity contribution is 7.92. The Morgan fingerprint density at radius 1 is 0.905 bits per heavy atom. The van der Waals surface area contributed by atoms with Gasteiger partial charge < -0.3 is 10.2 Å². The van der Waals surface area contributed by atoms with Gasteiger partial charge >= 0.3 is 0 Å². The third kappa shape index (κ3) is 10.0. The van der Waals surface area contributed by atoms with Gasteiger partial charge in [-0.05, 0) is 75.1 Å². The zero-order valence-electron chi connectivity index (χ0n) is 24.7. The van der Waals surface area contributed by atoms with Crippen molar-refractivity contribution < 1.29 is 18.0 Å². The summed E-state index contributed by atoms with van der Waals surface area (Å²) in [4.78, 5) is 29.2. The van der Waals surface area contributed by atoms with Crippen molar-refractivity contribution in [1.82, 2.24) is 10.2 Å². The number of rotatable bonds is 12. The maximum absolute atomic E-state index is 13.9. The molecule has 0 saturated carbocycles. The van der Waals surface area contributed by atoms with Gasteiger partial charge in [-0.15, -0.1) is 0 Å². The molecule has 1 atom stereocenters. The fraction of sp³-hybridized carbons (Fsp3) is 0.375. The Kier molecular flexibility index (Phi) is 11.5. The van der Waals surface area contributed by atoms with Crippen molar-refractivity contribution >= 4 is 50.7 Å². The van der Waals surface area contributed by atoms with Crippen molar-refractivity contribution in [3.8, 4) is 0 Å². The second-order valence-corrected chi connectivity index (χ2v) is 14.2. The van der Waals surface area contributed by atoms with E-state index in [1.54, 1.807) is 35.2 Å². The van der Waals surface area contributed by atoms with Crippen LogP contribution in [0.5, 0.6) is 0 Å². The van der Waals surface area contributed by atoms with Crippen LogP contribution < -0.4 is 9.62 Å². The van der Waals surface area contributed by atoms with Gasteiger partial charge in [0, 0.05) is 41.5 Å². The summed E-state index contributed by atoms with van der Waals surface area (Å²) in [6, 6.07) is 21.0. The van der Waals surface area contributed by atoms with Gasteiger partial charge in [0.05, 0.1) is 11.9 Å². The van der Waals surface area contributed by atoms with Crippen LogP contribution in [0.3, 0.4) is 0 Å². The fourth-order valence-corrected chi connectivity index (χ4v) is 5.93. The minimum atomic E-state index is -3.65. The zero-order valence-corrected chi connectivity index (χ0v) is 27.1. The Morgan fingerprint density at radius 2 is 1.52 bits per heavy atom. The highest BCUT2D eigenvalue weighted by Crippen LogP contribution is 2.27. The maximum Gasteiger partial charge on any atom is 0.243 e. The van der Waals surface area contributed by atoms with Crippen LogP contribution in [0.2, 0.25) is 10.0 Å². The smallest absolute Gasteiger partial charge is 0.243 e. The number of aryl methyl sites for hydroxylation is 1. The third-order valence-electron chi connectivity index (χ3n) is 6.63. The molecule has 7 nitrogen and oxygen atoms in total. The molecule has 0 radical (unpaired) electrons. The molecule has 0 aliphatic heterocycles. The SMILES string of the molecule is Cc1ccc(Cl)cc1N(CCCC(=O)N(Cc1ccc(Cl)cc1)[C@H](Cc1ccccc1)C(=O)NC(C)(C)C)S(C)(=O)=O. The first-order valence-corrected chi connectivity index (χ1v) is 16.4. The first-order valence-electron chi connectivity index (χ1n) is 13.8. The Morgan fingerprint density at radius 3 is 2.12 bits per heavy atom. The van der Waals surface area contributed by atoms with Crippen LogP contribution in [0.15, 0.2) is 72.8 Å². The second-order valence-electron chi connectivity index (χ2n) is 11.5. The Bertz CT molecular complexity index is 1470. The molecule has 3 rings (SSSR count). The molecule has 0 unspecified atom stereocenters. The molecule has 0 heterocycles. The average Bonchev–Trinajstić information content (AvgIpc) is 2.90. The lowest BCUT2D eigenvalue weighted by molar-refractivity contribution is -0.142. The zero-order chi connectivity index (χ0) is 31.1. The highest BCUT2D eigenvalue weighted by Gasteiger charge is 2.32. The van der Waals surface area contributed by atoms with E-state index in [0.29, 0.717) is 22.2 Å². The number of hydrogen-bond donors (Lipinski definition) is 1. The Balaban J connectivity index is 1.92. The summed E-state index contributed by atoms with van der Waals surface area (Å²) < 4.78 is 26.7. The first kappa shape index (κ1) is 33.4. The number of nitrogens with one attached hydrogen (secondary N) is 1. The van der Waals surface area contributed by atoms with Gasteiger partial charge in [-0.1, -0.05) is 71.7 Å². The van der Waals surface area contributed by atoms with Crippen LogP contribution in [-0.4, -0.2) is 49.5 Å². The van der Waals surface area contributed by atoms with Gasteiger partial charge in [0.2, 0.25) is 21.8 Å². The van der Waals surface area contributed by atoms with Crippen LogP contribution in [-0.2, 0) is 32.6 Å². The van der Waals surface area contributed by atoms with Crippen molar-refractivity contribution in [3.63, 3.8) is 0 Å². The largest absolute Gasteiger partial charge is 0.350 e. The molecule has 0 bridgehead atoms. The van der Waals surface area contributed by atoms with Gasteiger partial charge in [-0.3, -0.25) is 13.9 Å². The van der Waals surface area contributed by atoms with E-state index in [9.17, 15) is 18.0 Å². The number of benzene rings is 3. The van der Waals surface area contributed by atoms with Gasteiger partial charge in [-0.2, -0.15) is 0 Å². The predicted octanol–water partition coefficient (Wildman–Crippen LogP) is 6.40. The minimum absolute atomic E-state index is 0.0350. The number of carbonyl (C=O) groups excluding carboxylic acids is 2. The van der Waals surface area contributed by atoms with Crippen molar-refractivity contribution in [2.75, 3.05) is 17.1 Å². The first-order chi connectivity index (χ1) is 19.6. The van der Waals surface area contributed by atoms with E-state index < -0.39 is 21.6 Å². The van der Waals surface area contributed by atoms with Gasteiger partial charge in [-0.25, -0.2) is 8.42 Å². The van der Waals surface area contributed by atoms with Crippen LogP contribution in [0.1, 0.15) is 50.3 Å². The molecular formula is C32H39Cl2N3O4S. The quantitative estimate of drug-likeness (QED) is 0.250. The molecule has 42 heavy (non-hydrogen) atoms. The number of nitrogens with zero attached hydrogens (tertiary/aromatic N) is 2. The van der Waals surface area contributed by atoms with E-state index in [1.807, 2.05) is 70.2 Å². The summed E-state index contributed by atoms with van der Waals surface area (Å²) >= 11 is 12.3. The van der Waals surface area contributed by atoms with Crippen molar-refractivity contribution in [2.24, 2.45) is 0 Å². The molecule has 1 N–H and O–H groups in total. The molecule has 0 aliphatic carbocycles. The molecule has 0 saturated heterocycles. The third-order valence-corrected chi connectivity index (χ3v) is 8.29. The number of sulfonamides is 1. The number of carbonyl (C=O) groups is 2. The lowest BCUT2D eigenvalue weighted by atomic mass is 10.00. The van der Waals surface area contributed by atoms with E-state index in [0.717, 1.165) is 22.9 Å². The summed E-state index contributed by atoms with van der Waals surface area (Å²) in [6.45, 7) is 7.77. The van der Waals surface area contributed by atoms with E-state index in [1.165, 1.54) is 4.31 Å². The lowest BCUT2D eigenvalue weighted by Gasteiger charge is -2.34. The van der Waals surface area contributed by atoms with Gasteiger partial charge in [0.1, 0.15) is 6.04 Å². The average molecular weight is 633 g/mol. The molecule has 2 amide bonds. The van der Waals surface area contributed by atoms with Crippen LogP contribution >= 0.6 is 23.2 Å². The molecule has 3 aromatic rings. The van der Waals surface area contributed by atoms with Crippen molar-refractivity contribution in [2.45, 2.75) is 65.1 Å². The number of anilines is 1. The number of amides is 2. The molecule has 0 aliphatic rings. The molecular weight excluding hydrogens is 593 g/mol.